The largest absolute Gasteiger partial charge is 0.497 e. The normalized spacial score (nSPS) is 10.2. The molecule has 20 heavy (non-hydrogen) atoms. The van der Waals surface area contributed by atoms with Crippen LogP contribution in [0.4, 0.5) is 11.4 Å². The summed E-state index contributed by atoms with van der Waals surface area (Å²) in [6, 6.07) is 13.8. The van der Waals surface area contributed by atoms with E-state index in [2.05, 4.69) is 4.90 Å². The molecule has 0 atom stereocenters. The molecule has 0 heterocycles. The molecule has 0 aromatic heterocycles. The first-order valence-corrected chi connectivity index (χ1v) is 6.41. The number of rotatable bonds is 5. The predicted octanol–water partition coefficient (Wildman–Crippen LogP) is 2.92. The van der Waals surface area contributed by atoms with Crippen LogP contribution in [-0.2, 0) is 6.54 Å². The molecule has 0 bridgehead atoms. The second kappa shape index (κ2) is 6.19. The van der Waals surface area contributed by atoms with Gasteiger partial charge >= 0.3 is 0 Å². The lowest BCUT2D eigenvalue weighted by Crippen LogP contribution is -2.16. The van der Waals surface area contributed by atoms with Crippen LogP contribution in [0.5, 0.6) is 11.5 Å². The Hall–Kier alpha value is -2.36. The molecule has 0 aliphatic rings. The third-order valence-corrected chi connectivity index (χ3v) is 3.23. The third-order valence-electron chi connectivity index (χ3n) is 3.23. The number of anilines is 2. The lowest BCUT2D eigenvalue weighted by molar-refractivity contribution is 0.415. The highest BCUT2D eigenvalue weighted by Crippen LogP contribution is 2.24. The molecular formula is C16H20N2O2. The minimum absolute atomic E-state index is 0.660. The summed E-state index contributed by atoms with van der Waals surface area (Å²) in [7, 11) is 5.33. The molecule has 0 amide bonds. The molecule has 4 nitrogen and oxygen atoms in total. The van der Waals surface area contributed by atoms with Crippen LogP contribution in [0, 0.1) is 0 Å². The molecule has 0 unspecified atom stereocenters. The van der Waals surface area contributed by atoms with Crippen LogP contribution in [-0.4, -0.2) is 21.3 Å². The van der Waals surface area contributed by atoms with Crippen LogP contribution in [0.25, 0.3) is 0 Å². The van der Waals surface area contributed by atoms with Crippen molar-refractivity contribution >= 4 is 11.4 Å². The number of benzene rings is 2. The highest BCUT2D eigenvalue weighted by molar-refractivity contribution is 5.55. The topological polar surface area (TPSA) is 47.7 Å². The van der Waals surface area contributed by atoms with Crippen molar-refractivity contribution in [3.63, 3.8) is 0 Å². The van der Waals surface area contributed by atoms with Crippen LogP contribution >= 0.6 is 0 Å². The van der Waals surface area contributed by atoms with Crippen LogP contribution in [0.1, 0.15) is 5.56 Å². The maximum absolute atomic E-state index is 5.92. The lowest BCUT2D eigenvalue weighted by Gasteiger charge is -2.20. The van der Waals surface area contributed by atoms with Crippen molar-refractivity contribution in [3.8, 4) is 11.5 Å². The fourth-order valence-corrected chi connectivity index (χ4v) is 2.08. The number of nitrogens with zero attached hydrogens (tertiary/aromatic N) is 1. The van der Waals surface area contributed by atoms with Crippen LogP contribution in [0.2, 0.25) is 0 Å². The van der Waals surface area contributed by atoms with Gasteiger partial charge in [0.2, 0.25) is 0 Å². The van der Waals surface area contributed by atoms with E-state index in [1.165, 1.54) is 0 Å². The molecule has 0 fully saturated rings. The minimum Gasteiger partial charge on any atom is -0.497 e. The average molecular weight is 272 g/mol. The zero-order valence-electron chi connectivity index (χ0n) is 12.1. The summed E-state index contributed by atoms with van der Waals surface area (Å²) < 4.78 is 10.3. The summed E-state index contributed by atoms with van der Waals surface area (Å²) in [6.45, 7) is 0.778. The van der Waals surface area contributed by atoms with Crippen molar-refractivity contribution < 1.29 is 9.47 Å². The molecule has 2 aromatic carbocycles. The van der Waals surface area contributed by atoms with E-state index in [4.69, 9.17) is 15.2 Å². The molecule has 0 spiro atoms. The van der Waals surface area contributed by atoms with Crippen molar-refractivity contribution in [2.75, 3.05) is 31.9 Å². The van der Waals surface area contributed by atoms with Gasteiger partial charge in [0.1, 0.15) is 11.5 Å². The van der Waals surface area contributed by atoms with Crippen LogP contribution < -0.4 is 20.1 Å². The standard InChI is InChI=1S/C16H20N2O2/c1-18(13-5-7-14(19-2)8-6-13)11-12-4-9-16(20-3)15(17)10-12/h4-10H,11,17H2,1-3H3. The average Bonchev–Trinajstić information content (AvgIpc) is 2.47. The Morgan fingerprint density at radius 2 is 1.70 bits per heavy atom. The fraction of sp³-hybridized carbons (Fsp3) is 0.250. The van der Waals surface area contributed by atoms with Gasteiger partial charge in [-0.15, -0.1) is 0 Å². The van der Waals surface area contributed by atoms with Gasteiger partial charge in [-0.05, 0) is 42.0 Å². The van der Waals surface area contributed by atoms with Gasteiger partial charge in [-0.2, -0.15) is 0 Å². The van der Waals surface area contributed by atoms with Gasteiger partial charge in [0.15, 0.2) is 0 Å². The SMILES string of the molecule is COc1ccc(N(C)Cc2ccc(OC)c(N)c2)cc1. The Kier molecular flexibility index (Phi) is 4.35. The van der Waals surface area contributed by atoms with Gasteiger partial charge in [0.25, 0.3) is 0 Å². The van der Waals surface area contributed by atoms with Gasteiger partial charge in [0, 0.05) is 19.3 Å². The smallest absolute Gasteiger partial charge is 0.141 e. The van der Waals surface area contributed by atoms with Crippen molar-refractivity contribution in [2.24, 2.45) is 0 Å². The van der Waals surface area contributed by atoms with E-state index in [0.717, 1.165) is 23.5 Å². The Morgan fingerprint density at radius 3 is 2.25 bits per heavy atom. The molecule has 2 rings (SSSR count). The molecule has 0 radical (unpaired) electrons. The summed E-state index contributed by atoms with van der Waals surface area (Å²) in [4.78, 5) is 2.15. The molecule has 4 heteroatoms. The quantitative estimate of drug-likeness (QED) is 0.850. The molecule has 0 saturated carbocycles. The molecule has 0 aliphatic heterocycles. The Balaban J connectivity index is 2.10. The predicted molar refractivity (Wildman–Crippen MR) is 82.5 cm³/mol. The third kappa shape index (κ3) is 3.15. The van der Waals surface area contributed by atoms with E-state index in [-0.39, 0.29) is 0 Å². The number of hydrogen-bond donors (Lipinski definition) is 1. The van der Waals surface area contributed by atoms with Crippen LogP contribution in [0.3, 0.4) is 0 Å². The second-order valence-corrected chi connectivity index (χ2v) is 4.63. The van der Waals surface area contributed by atoms with E-state index in [0.29, 0.717) is 11.4 Å². The van der Waals surface area contributed by atoms with E-state index < -0.39 is 0 Å². The molecule has 2 aromatic rings. The van der Waals surface area contributed by atoms with E-state index in [9.17, 15) is 0 Å². The van der Waals surface area contributed by atoms with Crippen molar-refractivity contribution in [1.29, 1.82) is 0 Å². The van der Waals surface area contributed by atoms with Gasteiger partial charge in [-0.3, -0.25) is 0 Å². The van der Waals surface area contributed by atoms with Gasteiger partial charge in [-0.25, -0.2) is 0 Å². The second-order valence-electron chi connectivity index (χ2n) is 4.63. The number of ether oxygens (including phenoxy) is 2. The van der Waals surface area contributed by atoms with Crippen LogP contribution in [0.15, 0.2) is 42.5 Å². The van der Waals surface area contributed by atoms with E-state index in [1.54, 1.807) is 14.2 Å². The maximum Gasteiger partial charge on any atom is 0.141 e. The molecule has 0 saturated heterocycles. The van der Waals surface area contributed by atoms with E-state index >= 15 is 0 Å². The zero-order valence-corrected chi connectivity index (χ0v) is 12.1. The Labute approximate surface area is 119 Å². The summed E-state index contributed by atoms with van der Waals surface area (Å²) in [5.74, 6) is 1.57. The Morgan fingerprint density at radius 1 is 1.00 bits per heavy atom. The number of hydrogen-bond acceptors (Lipinski definition) is 4. The first kappa shape index (κ1) is 14.1. The Bertz CT molecular complexity index is 567. The highest BCUT2D eigenvalue weighted by atomic mass is 16.5. The minimum atomic E-state index is 0.660. The monoisotopic (exact) mass is 272 g/mol. The summed E-state index contributed by atoms with van der Waals surface area (Å²) in [6.07, 6.45) is 0. The molecule has 106 valence electrons. The molecule has 0 aliphatic carbocycles. The van der Waals surface area contributed by atoms with E-state index in [1.807, 2.05) is 49.5 Å². The van der Waals surface area contributed by atoms with Gasteiger partial charge < -0.3 is 20.1 Å². The number of nitrogen functional groups attached to an aromatic ring is 1. The first-order valence-electron chi connectivity index (χ1n) is 6.41. The maximum atomic E-state index is 5.92. The lowest BCUT2D eigenvalue weighted by atomic mass is 10.1. The van der Waals surface area contributed by atoms with Gasteiger partial charge in [0.05, 0.1) is 19.9 Å². The number of nitrogens with two attached hydrogens (primary N) is 1. The van der Waals surface area contributed by atoms with Crippen molar-refractivity contribution in [1.82, 2.24) is 0 Å². The number of methoxy groups -OCH3 is 2. The van der Waals surface area contributed by atoms with Crippen molar-refractivity contribution in [2.45, 2.75) is 6.54 Å². The zero-order chi connectivity index (χ0) is 14.5. The summed E-state index contributed by atoms with van der Waals surface area (Å²) >= 11 is 0. The summed E-state index contributed by atoms with van der Waals surface area (Å²) in [5, 5.41) is 0. The van der Waals surface area contributed by atoms with Gasteiger partial charge in [-0.1, -0.05) is 6.07 Å². The highest BCUT2D eigenvalue weighted by Gasteiger charge is 2.05. The fourth-order valence-electron chi connectivity index (χ4n) is 2.08. The summed E-state index contributed by atoms with van der Waals surface area (Å²) in [5.41, 5.74) is 8.85. The molecule has 2 N–H and O–H groups in total. The first-order chi connectivity index (χ1) is 9.63. The van der Waals surface area contributed by atoms with Crippen molar-refractivity contribution in [3.05, 3.63) is 48.0 Å². The molecular weight excluding hydrogens is 252 g/mol.